The third-order valence-electron chi connectivity index (χ3n) is 2.15. The van der Waals surface area contributed by atoms with E-state index in [4.69, 9.17) is 10.5 Å². The molecule has 1 unspecified atom stereocenters. The molecule has 2 nitrogen and oxygen atoms in total. The number of hydrogen-bond acceptors (Lipinski definition) is 2. The Morgan fingerprint density at radius 2 is 2.25 bits per heavy atom. The van der Waals surface area contributed by atoms with Gasteiger partial charge in [-0.1, -0.05) is 24.3 Å². The maximum absolute atomic E-state index is 5.81. The average molecular weight is 284 g/mol. The number of ether oxygens (including phenoxy) is 1. The highest BCUT2D eigenvalue weighted by molar-refractivity contribution is 9.10. The number of benzene rings is 1. The molecule has 0 radical (unpaired) electrons. The number of nitrogens with two attached hydrogens (primary N) is 1. The minimum atomic E-state index is 0.137. The molecule has 0 aliphatic heterocycles. The zero-order chi connectivity index (χ0) is 12.0. The van der Waals surface area contributed by atoms with E-state index >= 15 is 0 Å². The highest BCUT2D eigenvalue weighted by Gasteiger charge is 2.09. The molecule has 0 bridgehead atoms. The van der Waals surface area contributed by atoms with Crippen LogP contribution in [0, 0.1) is 0 Å². The van der Waals surface area contributed by atoms with Crippen LogP contribution in [-0.4, -0.2) is 12.6 Å². The van der Waals surface area contributed by atoms with E-state index < -0.39 is 0 Å². The van der Waals surface area contributed by atoms with Crippen LogP contribution in [0.4, 0.5) is 0 Å². The molecule has 16 heavy (non-hydrogen) atoms. The zero-order valence-corrected chi connectivity index (χ0v) is 11.3. The topological polar surface area (TPSA) is 35.2 Å². The molecule has 0 aromatic heterocycles. The molecule has 0 fully saturated rings. The molecule has 0 heterocycles. The number of rotatable bonds is 5. The van der Waals surface area contributed by atoms with Crippen LogP contribution in [0.2, 0.25) is 0 Å². The molecular formula is C13H18BrNO. The van der Waals surface area contributed by atoms with Crippen molar-refractivity contribution in [3.8, 4) is 5.75 Å². The van der Waals surface area contributed by atoms with Crippen molar-refractivity contribution in [2.45, 2.75) is 26.3 Å². The fourth-order valence-corrected chi connectivity index (χ4v) is 1.97. The van der Waals surface area contributed by atoms with Gasteiger partial charge in [0.05, 0.1) is 4.47 Å². The average Bonchev–Trinajstić information content (AvgIpc) is 2.21. The molecule has 0 saturated carbocycles. The molecule has 0 amide bonds. The summed E-state index contributed by atoms with van der Waals surface area (Å²) in [7, 11) is 0. The van der Waals surface area contributed by atoms with Gasteiger partial charge in [0.2, 0.25) is 0 Å². The lowest BCUT2D eigenvalue weighted by molar-refractivity contribution is 0.355. The van der Waals surface area contributed by atoms with Crippen LogP contribution in [0.5, 0.6) is 5.75 Å². The Morgan fingerprint density at radius 3 is 2.88 bits per heavy atom. The lowest BCUT2D eigenvalue weighted by atomic mass is 10.1. The van der Waals surface area contributed by atoms with Gasteiger partial charge >= 0.3 is 0 Å². The molecule has 0 aliphatic rings. The maximum Gasteiger partial charge on any atom is 0.137 e. The highest BCUT2D eigenvalue weighted by Crippen LogP contribution is 2.29. The Labute approximate surface area is 106 Å². The van der Waals surface area contributed by atoms with Gasteiger partial charge in [-0.25, -0.2) is 0 Å². The van der Waals surface area contributed by atoms with E-state index in [9.17, 15) is 0 Å². The van der Waals surface area contributed by atoms with Crippen molar-refractivity contribution in [1.29, 1.82) is 0 Å². The molecule has 2 N–H and O–H groups in total. The van der Waals surface area contributed by atoms with E-state index in [0.717, 1.165) is 22.2 Å². The van der Waals surface area contributed by atoms with Crippen LogP contribution < -0.4 is 10.5 Å². The lowest BCUT2D eigenvalue weighted by Crippen LogP contribution is -2.18. The summed E-state index contributed by atoms with van der Waals surface area (Å²) in [5.74, 6) is 0.901. The normalized spacial score (nSPS) is 13.0. The monoisotopic (exact) mass is 283 g/mol. The summed E-state index contributed by atoms with van der Waals surface area (Å²) in [6.45, 7) is 4.56. The van der Waals surface area contributed by atoms with Gasteiger partial charge in [0.25, 0.3) is 0 Å². The van der Waals surface area contributed by atoms with Gasteiger partial charge in [0, 0.05) is 6.04 Å². The first kappa shape index (κ1) is 13.3. The van der Waals surface area contributed by atoms with E-state index in [-0.39, 0.29) is 6.04 Å². The molecular weight excluding hydrogens is 266 g/mol. The molecule has 88 valence electrons. The molecule has 1 atom stereocenters. The molecule has 1 aromatic carbocycles. The fourth-order valence-electron chi connectivity index (χ4n) is 1.45. The minimum absolute atomic E-state index is 0.137. The summed E-state index contributed by atoms with van der Waals surface area (Å²) in [4.78, 5) is 0. The molecule has 1 aromatic rings. The van der Waals surface area contributed by atoms with E-state index in [1.165, 1.54) is 0 Å². The van der Waals surface area contributed by atoms with Gasteiger partial charge < -0.3 is 10.5 Å². The van der Waals surface area contributed by atoms with Gasteiger partial charge in [-0.3, -0.25) is 0 Å². The first-order chi connectivity index (χ1) is 7.65. The van der Waals surface area contributed by atoms with Gasteiger partial charge in [0.15, 0.2) is 0 Å². The van der Waals surface area contributed by atoms with Crippen LogP contribution in [0.15, 0.2) is 34.8 Å². The maximum atomic E-state index is 5.81. The molecule has 0 aliphatic carbocycles. The third-order valence-corrected chi connectivity index (χ3v) is 2.77. The largest absolute Gasteiger partial charge is 0.488 e. The van der Waals surface area contributed by atoms with E-state index in [1.807, 2.05) is 38.1 Å². The minimum Gasteiger partial charge on any atom is -0.488 e. The summed E-state index contributed by atoms with van der Waals surface area (Å²) in [5, 5.41) is 0. The Hall–Kier alpha value is -0.800. The van der Waals surface area contributed by atoms with Gasteiger partial charge in [-0.05, 0) is 47.8 Å². The van der Waals surface area contributed by atoms with E-state index in [0.29, 0.717) is 6.61 Å². The molecule has 1 rings (SSSR count). The summed E-state index contributed by atoms with van der Waals surface area (Å²) >= 11 is 3.50. The highest BCUT2D eigenvalue weighted by atomic mass is 79.9. The van der Waals surface area contributed by atoms with Crippen molar-refractivity contribution in [1.82, 2.24) is 0 Å². The Bertz CT molecular complexity index is 361. The van der Waals surface area contributed by atoms with Crippen LogP contribution in [0.1, 0.15) is 19.4 Å². The molecule has 0 saturated heterocycles. The first-order valence-corrected chi connectivity index (χ1v) is 6.21. The van der Waals surface area contributed by atoms with Crippen LogP contribution >= 0.6 is 15.9 Å². The Kier molecular flexibility index (Phi) is 5.56. The second-order valence-electron chi connectivity index (χ2n) is 3.79. The predicted molar refractivity (Wildman–Crippen MR) is 71.8 cm³/mol. The van der Waals surface area contributed by atoms with Crippen molar-refractivity contribution >= 4 is 15.9 Å². The van der Waals surface area contributed by atoms with Crippen LogP contribution in [-0.2, 0) is 6.42 Å². The zero-order valence-electron chi connectivity index (χ0n) is 9.74. The quantitative estimate of drug-likeness (QED) is 0.842. The van der Waals surface area contributed by atoms with Crippen molar-refractivity contribution in [2.24, 2.45) is 5.73 Å². The van der Waals surface area contributed by atoms with Crippen molar-refractivity contribution in [2.75, 3.05) is 6.61 Å². The summed E-state index contributed by atoms with van der Waals surface area (Å²) in [6.07, 6.45) is 4.78. The lowest BCUT2D eigenvalue weighted by Gasteiger charge is -2.13. The SMILES string of the molecule is CC=CCOc1c(Br)cccc1CC(C)N. The van der Waals surface area contributed by atoms with E-state index in [1.54, 1.807) is 0 Å². The third kappa shape index (κ3) is 3.99. The molecule has 0 spiro atoms. The first-order valence-electron chi connectivity index (χ1n) is 5.42. The van der Waals surface area contributed by atoms with E-state index in [2.05, 4.69) is 22.0 Å². The fraction of sp³-hybridized carbons (Fsp3) is 0.385. The predicted octanol–water partition coefficient (Wildman–Crippen LogP) is 3.29. The van der Waals surface area contributed by atoms with Gasteiger partial charge in [-0.2, -0.15) is 0 Å². The van der Waals surface area contributed by atoms with Crippen LogP contribution in [0.25, 0.3) is 0 Å². The Morgan fingerprint density at radius 1 is 1.50 bits per heavy atom. The summed E-state index contributed by atoms with van der Waals surface area (Å²) in [6, 6.07) is 6.18. The van der Waals surface area contributed by atoms with Crippen molar-refractivity contribution < 1.29 is 4.74 Å². The summed E-state index contributed by atoms with van der Waals surface area (Å²) < 4.78 is 6.70. The second-order valence-corrected chi connectivity index (χ2v) is 4.64. The Balaban J connectivity index is 2.85. The van der Waals surface area contributed by atoms with Gasteiger partial charge in [0.1, 0.15) is 12.4 Å². The smallest absolute Gasteiger partial charge is 0.137 e. The van der Waals surface area contributed by atoms with Crippen LogP contribution in [0.3, 0.4) is 0 Å². The standard InChI is InChI=1S/C13H18BrNO/c1-3-4-8-16-13-11(9-10(2)15)6-5-7-12(13)14/h3-7,10H,8-9,15H2,1-2H3. The number of para-hydroxylation sites is 1. The number of allylic oxidation sites excluding steroid dienone is 1. The molecule has 3 heteroatoms. The van der Waals surface area contributed by atoms with Crippen molar-refractivity contribution in [3.05, 3.63) is 40.4 Å². The second kappa shape index (κ2) is 6.71. The summed E-state index contributed by atoms with van der Waals surface area (Å²) in [5.41, 5.74) is 6.96. The van der Waals surface area contributed by atoms with Crippen molar-refractivity contribution in [3.63, 3.8) is 0 Å². The number of hydrogen-bond donors (Lipinski definition) is 1. The number of halogens is 1. The van der Waals surface area contributed by atoms with Gasteiger partial charge in [-0.15, -0.1) is 0 Å².